The maximum atomic E-state index is 10.5. The molecule has 15 heavy (non-hydrogen) atoms. The molecular weight excluding hydrogens is 202 g/mol. The average molecular weight is 209 g/mol. The highest BCUT2D eigenvalue weighted by molar-refractivity contribution is 5.66. The van der Waals surface area contributed by atoms with Crippen molar-refractivity contribution in [1.82, 2.24) is 35.0 Å². The summed E-state index contributed by atoms with van der Waals surface area (Å²) in [7, 11) is 0. The molecule has 1 N–H and O–H groups in total. The molecule has 0 aromatic carbocycles. The van der Waals surface area contributed by atoms with Crippen LogP contribution in [0.5, 0.6) is 0 Å². The summed E-state index contributed by atoms with van der Waals surface area (Å²) in [5.74, 6) is -0.579. The maximum absolute atomic E-state index is 10.5. The summed E-state index contributed by atoms with van der Waals surface area (Å²) < 4.78 is 2.70. The third-order valence-electron chi connectivity index (χ3n) is 1.66. The van der Waals surface area contributed by atoms with Gasteiger partial charge in [-0.3, -0.25) is 4.79 Å². The molecular formula is C6H7N7O2. The first kappa shape index (κ1) is 9.24. The third kappa shape index (κ3) is 2.13. The van der Waals surface area contributed by atoms with E-state index in [2.05, 4.69) is 25.6 Å². The molecule has 0 bridgehead atoms. The third-order valence-corrected chi connectivity index (χ3v) is 1.66. The van der Waals surface area contributed by atoms with Crippen molar-refractivity contribution < 1.29 is 9.90 Å². The quantitative estimate of drug-likeness (QED) is 0.645. The molecule has 0 aliphatic rings. The van der Waals surface area contributed by atoms with Crippen LogP contribution in [0.1, 0.15) is 5.82 Å². The molecule has 0 spiro atoms. The Hall–Kier alpha value is -2.32. The number of hydrogen-bond donors (Lipinski definition) is 1. The topological polar surface area (TPSA) is 112 Å². The van der Waals surface area contributed by atoms with Crippen LogP contribution in [0.3, 0.4) is 0 Å². The number of tetrazole rings is 1. The summed E-state index contributed by atoms with van der Waals surface area (Å²) in [6.07, 6.45) is 2.88. The van der Waals surface area contributed by atoms with Gasteiger partial charge in [-0.15, -0.1) is 5.10 Å². The van der Waals surface area contributed by atoms with E-state index in [1.807, 2.05) is 0 Å². The van der Waals surface area contributed by atoms with Crippen molar-refractivity contribution in [2.24, 2.45) is 0 Å². The normalized spacial score (nSPS) is 10.4. The van der Waals surface area contributed by atoms with E-state index >= 15 is 0 Å². The van der Waals surface area contributed by atoms with Crippen LogP contribution in [-0.2, 0) is 17.9 Å². The largest absolute Gasteiger partial charge is 0.480 e. The lowest BCUT2D eigenvalue weighted by Crippen LogP contribution is -2.15. The van der Waals surface area contributed by atoms with Crippen molar-refractivity contribution in [3.63, 3.8) is 0 Å². The van der Waals surface area contributed by atoms with Crippen molar-refractivity contribution in [2.45, 2.75) is 13.1 Å². The number of carboxylic acids is 1. The molecule has 0 atom stereocenters. The van der Waals surface area contributed by atoms with E-state index < -0.39 is 5.97 Å². The van der Waals surface area contributed by atoms with Crippen molar-refractivity contribution in [3.8, 4) is 0 Å². The van der Waals surface area contributed by atoms with E-state index in [1.54, 1.807) is 0 Å². The standard InChI is InChI=1S/C6H7N7O2/c14-6(15)2-13-5(9-10-11-13)1-12-4-7-3-8-12/h3-4H,1-2H2,(H,14,15). The molecule has 2 rings (SSSR count). The van der Waals surface area contributed by atoms with E-state index in [0.29, 0.717) is 12.4 Å². The van der Waals surface area contributed by atoms with Gasteiger partial charge in [-0.05, 0) is 10.4 Å². The van der Waals surface area contributed by atoms with Crippen molar-refractivity contribution in [3.05, 3.63) is 18.5 Å². The van der Waals surface area contributed by atoms with Gasteiger partial charge >= 0.3 is 5.97 Å². The predicted molar refractivity (Wildman–Crippen MR) is 44.6 cm³/mol. The smallest absolute Gasteiger partial charge is 0.325 e. The maximum Gasteiger partial charge on any atom is 0.325 e. The van der Waals surface area contributed by atoms with Crippen LogP contribution in [0, 0.1) is 0 Å². The van der Waals surface area contributed by atoms with E-state index in [9.17, 15) is 4.79 Å². The first-order chi connectivity index (χ1) is 7.25. The van der Waals surface area contributed by atoms with Gasteiger partial charge in [-0.25, -0.2) is 14.3 Å². The Morgan fingerprint density at radius 2 is 2.40 bits per heavy atom. The molecule has 2 aromatic heterocycles. The second-order valence-electron chi connectivity index (χ2n) is 2.74. The SMILES string of the molecule is O=C(O)Cn1nnnc1Cn1cncn1. The summed E-state index contributed by atoms with van der Waals surface area (Å²) in [6.45, 7) is 0.0251. The Morgan fingerprint density at radius 3 is 3.07 bits per heavy atom. The molecule has 2 heterocycles. The molecule has 0 aliphatic carbocycles. The van der Waals surface area contributed by atoms with Crippen LogP contribution < -0.4 is 0 Å². The summed E-state index contributed by atoms with van der Waals surface area (Å²) in [5, 5.41) is 23.1. The zero-order valence-corrected chi connectivity index (χ0v) is 7.55. The number of carbonyl (C=O) groups is 1. The van der Waals surface area contributed by atoms with Crippen molar-refractivity contribution >= 4 is 5.97 Å². The van der Waals surface area contributed by atoms with Crippen LogP contribution in [0.4, 0.5) is 0 Å². The van der Waals surface area contributed by atoms with Gasteiger partial charge in [0.25, 0.3) is 0 Å². The molecule has 0 unspecified atom stereocenters. The molecule has 0 saturated heterocycles. The van der Waals surface area contributed by atoms with E-state index in [0.717, 1.165) is 0 Å². The van der Waals surface area contributed by atoms with E-state index in [-0.39, 0.29) is 6.54 Å². The summed E-state index contributed by atoms with van der Waals surface area (Å²) >= 11 is 0. The fourth-order valence-corrected chi connectivity index (χ4v) is 1.05. The Morgan fingerprint density at radius 1 is 1.53 bits per heavy atom. The average Bonchev–Trinajstić information content (AvgIpc) is 2.78. The van der Waals surface area contributed by atoms with Gasteiger partial charge in [0.15, 0.2) is 5.82 Å². The lowest BCUT2D eigenvalue weighted by molar-refractivity contribution is -0.138. The second-order valence-corrected chi connectivity index (χ2v) is 2.74. The minimum absolute atomic E-state index is 0.267. The number of aliphatic carboxylic acids is 1. The Bertz CT molecular complexity index is 448. The number of nitrogens with zero attached hydrogens (tertiary/aromatic N) is 7. The number of carboxylic acid groups (broad SMARTS) is 1. The second kappa shape index (κ2) is 3.82. The molecule has 9 heteroatoms. The van der Waals surface area contributed by atoms with Crippen LogP contribution >= 0.6 is 0 Å². The Labute approximate surface area is 83.3 Å². The number of aromatic nitrogens is 7. The highest BCUT2D eigenvalue weighted by Crippen LogP contribution is 1.95. The highest BCUT2D eigenvalue weighted by Gasteiger charge is 2.09. The van der Waals surface area contributed by atoms with Gasteiger partial charge in [-0.2, -0.15) is 5.10 Å². The monoisotopic (exact) mass is 209 g/mol. The predicted octanol–water partition coefficient (Wildman–Crippen LogP) is -1.60. The lowest BCUT2D eigenvalue weighted by atomic mass is 10.5. The van der Waals surface area contributed by atoms with E-state index in [4.69, 9.17) is 5.11 Å². The molecule has 78 valence electrons. The van der Waals surface area contributed by atoms with Crippen LogP contribution in [0.25, 0.3) is 0 Å². The summed E-state index contributed by atoms with van der Waals surface area (Å²) in [6, 6.07) is 0. The van der Waals surface area contributed by atoms with Gasteiger partial charge in [0.2, 0.25) is 0 Å². The lowest BCUT2D eigenvalue weighted by Gasteiger charge is -2.00. The minimum Gasteiger partial charge on any atom is -0.480 e. The van der Waals surface area contributed by atoms with Crippen molar-refractivity contribution in [1.29, 1.82) is 0 Å². The van der Waals surface area contributed by atoms with Gasteiger partial charge in [0.05, 0.1) is 0 Å². The minimum atomic E-state index is -0.998. The van der Waals surface area contributed by atoms with Gasteiger partial charge in [0.1, 0.15) is 25.7 Å². The van der Waals surface area contributed by atoms with Crippen molar-refractivity contribution in [2.75, 3.05) is 0 Å². The first-order valence-corrected chi connectivity index (χ1v) is 4.05. The van der Waals surface area contributed by atoms with Gasteiger partial charge in [0, 0.05) is 0 Å². The van der Waals surface area contributed by atoms with Crippen LogP contribution in [-0.4, -0.2) is 46.0 Å². The van der Waals surface area contributed by atoms with E-state index in [1.165, 1.54) is 22.0 Å². The molecule has 0 fully saturated rings. The highest BCUT2D eigenvalue weighted by atomic mass is 16.4. The first-order valence-electron chi connectivity index (χ1n) is 4.05. The summed E-state index contributed by atoms with van der Waals surface area (Å²) in [5.41, 5.74) is 0. The zero-order chi connectivity index (χ0) is 10.7. The van der Waals surface area contributed by atoms with Gasteiger partial charge in [-0.1, -0.05) is 0 Å². The summed E-state index contributed by atoms with van der Waals surface area (Å²) in [4.78, 5) is 14.2. The number of rotatable bonds is 4. The Kier molecular flexibility index (Phi) is 2.35. The fourth-order valence-electron chi connectivity index (χ4n) is 1.05. The number of hydrogen-bond acceptors (Lipinski definition) is 6. The molecule has 0 saturated carbocycles. The zero-order valence-electron chi connectivity index (χ0n) is 7.55. The molecule has 0 amide bonds. The van der Waals surface area contributed by atoms with Crippen LogP contribution in [0.2, 0.25) is 0 Å². The molecule has 0 aliphatic heterocycles. The molecule has 9 nitrogen and oxygen atoms in total. The molecule has 0 radical (unpaired) electrons. The van der Waals surface area contributed by atoms with Crippen LogP contribution in [0.15, 0.2) is 12.7 Å². The molecule has 2 aromatic rings. The van der Waals surface area contributed by atoms with Gasteiger partial charge < -0.3 is 5.11 Å². The Balaban J connectivity index is 2.14. The fraction of sp³-hybridized carbons (Fsp3) is 0.333.